The maximum Gasteiger partial charge on any atom is -0.0134 e. The van der Waals surface area contributed by atoms with Crippen molar-refractivity contribution in [2.24, 2.45) is 11.8 Å². The topological polar surface area (TPSA) is 0 Å². The van der Waals surface area contributed by atoms with Crippen LogP contribution in [0.25, 0.3) is 0 Å². The minimum atomic E-state index is 0.814. The van der Waals surface area contributed by atoms with Gasteiger partial charge in [0.15, 0.2) is 0 Å². The molecule has 0 heterocycles. The molecule has 0 nitrogen and oxygen atoms in total. The highest BCUT2D eigenvalue weighted by molar-refractivity contribution is 5.20. The van der Waals surface area contributed by atoms with Gasteiger partial charge in [0.2, 0.25) is 0 Å². The summed E-state index contributed by atoms with van der Waals surface area (Å²) in [5, 5.41) is 0. The van der Waals surface area contributed by atoms with E-state index in [1.165, 1.54) is 44.9 Å². The van der Waals surface area contributed by atoms with Crippen LogP contribution in [0, 0.1) is 11.8 Å². The lowest BCUT2D eigenvalue weighted by Gasteiger charge is -2.31. The summed E-state index contributed by atoms with van der Waals surface area (Å²) in [6, 6.07) is 11.3. The molecule has 0 aliphatic heterocycles. The summed E-state index contributed by atoms with van der Waals surface area (Å²) in [5.41, 5.74) is 1.59. The van der Waals surface area contributed by atoms with E-state index in [0.29, 0.717) is 0 Å². The quantitative estimate of drug-likeness (QED) is 0.615. The molecule has 1 unspecified atom stereocenters. The Kier molecular flexibility index (Phi) is 5.28. The highest BCUT2D eigenvalue weighted by Gasteiger charge is 2.24. The number of rotatable bonds is 5. The van der Waals surface area contributed by atoms with Gasteiger partial charge < -0.3 is 0 Å². The number of hydrogen-bond donors (Lipinski definition) is 0. The predicted molar refractivity (Wildman–Crippen MR) is 79.8 cm³/mol. The summed E-state index contributed by atoms with van der Waals surface area (Å²) < 4.78 is 0. The van der Waals surface area contributed by atoms with Crippen LogP contribution in [0.1, 0.15) is 70.3 Å². The number of benzene rings is 1. The second-order valence-corrected chi connectivity index (χ2v) is 6.39. The molecule has 0 spiro atoms. The Labute approximate surface area is 113 Å². The SMILES string of the molecule is CC(C)CCC(c1ccccc1)C1CCCCC1. The third kappa shape index (κ3) is 3.86. The van der Waals surface area contributed by atoms with E-state index in [0.717, 1.165) is 17.8 Å². The van der Waals surface area contributed by atoms with Gasteiger partial charge in [-0.25, -0.2) is 0 Å². The minimum absolute atomic E-state index is 0.814. The van der Waals surface area contributed by atoms with Crippen LogP contribution in [0.15, 0.2) is 30.3 Å². The molecule has 0 aromatic heterocycles. The third-order valence-electron chi connectivity index (χ3n) is 4.50. The first-order valence-corrected chi connectivity index (χ1v) is 7.82. The fourth-order valence-electron chi connectivity index (χ4n) is 3.42. The van der Waals surface area contributed by atoms with Crippen LogP contribution < -0.4 is 0 Å². The molecule has 1 aromatic carbocycles. The molecule has 1 atom stereocenters. The molecular formula is C18H28. The van der Waals surface area contributed by atoms with E-state index in [-0.39, 0.29) is 0 Å². The second-order valence-electron chi connectivity index (χ2n) is 6.39. The van der Waals surface area contributed by atoms with Crippen molar-refractivity contribution in [2.45, 2.75) is 64.7 Å². The molecule has 0 heteroatoms. The average Bonchev–Trinajstić information content (AvgIpc) is 2.41. The molecule has 2 rings (SSSR count). The first-order chi connectivity index (χ1) is 8.77. The highest BCUT2D eigenvalue weighted by atomic mass is 14.3. The van der Waals surface area contributed by atoms with E-state index in [1.807, 2.05) is 0 Å². The lowest BCUT2D eigenvalue weighted by Crippen LogP contribution is -2.17. The van der Waals surface area contributed by atoms with Crippen molar-refractivity contribution >= 4 is 0 Å². The Morgan fingerprint density at radius 3 is 2.22 bits per heavy atom. The second kappa shape index (κ2) is 6.97. The van der Waals surface area contributed by atoms with Crippen molar-refractivity contribution in [3.8, 4) is 0 Å². The van der Waals surface area contributed by atoms with Gasteiger partial charge in [0.25, 0.3) is 0 Å². The molecule has 1 saturated carbocycles. The normalized spacial score (nSPS) is 19.1. The predicted octanol–water partition coefficient (Wildman–Crippen LogP) is 5.79. The molecule has 1 aromatic rings. The fraction of sp³-hybridized carbons (Fsp3) is 0.667. The van der Waals surface area contributed by atoms with Crippen molar-refractivity contribution in [1.29, 1.82) is 0 Å². The Morgan fingerprint density at radius 2 is 1.61 bits per heavy atom. The van der Waals surface area contributed by atoms with E-state index in [4.69, 9.17) is 0 Å². The first-order valence-electron chi connectivity index (χ1n) is 7.82. The van der Waals surface area contributed by atoms with Gasteiger partial charge in [0, 0.05) is 0 Å². The lowest BCUT2D eigenvalue weighted by atomic mass is 9.74. The van der Waals surface area contributed by atoms with E-state index in [9.17, 15) is 0 Å². The van der Waals surface area contributed by atoms with Gasteiger partial charge in [0.05, 0.1) is 0 Å². The standard InChI is InChI=1S/C18H28/c1-15(2)13-14-18(16-9-5-3-6-10-16)17-11-7-4-8-12-17/h3,5-6,9-10,15,17-18H,4,7-8,11-14H2,1-2H3. The van der Waals surface area contributed by atoms with Gasteiger partial charge in [-0.1, -0.05) is 69.9 Å². The maximum absolute atomic E-state index is 2.35. The van der Waals surface area contributed by atoms with Crippen LogP contribution in [-0.4, -0.2) is 0 Å². The van der Waals surface area contributed by atoms with Crippen LogP contribution in [0.5, 0.6) is 0 Å². The molecule has 0 bridgehead atoms. The van der Waals surface area contributed by atoms with Gasteiger partial charge in [-0.05, 0) is 42.6 Å². The van der Waals surface area contributed by atoms with E-state index < -0.39 is 0 Å². The van der Waals surface area contributed by atoms with Crippen LogP contribution in [-0.2, 0) is 0 Å². The molecule has 1 aliphatic rings. The van der Waals surface area contributed by atoms with Crippen LogP contribution in [0.3, 0.4) is 0 Å². The van der Waals surface area contributed by atoms with Crippen molar-refractivity contribution in [3.05, 3.63) is 35.9 Å². The van der Waals surface area contributed by atoms with Gasteiger partial charge in [-0.15, -0.1) is 0 Å². The molecule has 0 saturated heterocycles. The largest absolute Gasteiger partial charge is 0.0628 e. The van der Waals surface area contributed by atoms with Crippen molar-refractivity contribution < 1.29 is 0 Å². The summed E-state index contributed by atoms with van der Waals surface area (Å²) in [6.07, 6.45) is 10.0. The minimum Gasteiger partial charge on any atom is -0.0628 e. The summed E-state index contributed by atoms with van der Waals surface area (Å²) in [5.74, 6) is 2.59. The van der Waals surface area contributed by atoms with E-state index >= 15 is 0 Å². The van der Waals surface area contributed by atoms with Gasteiger partial charge in [-0.3, -0.25) is 0 Å². The fourth-order valence-corrected chi connectivity index (χ4v) is 3.42. The third-order valence-corrected chi connectivity index (χ3v) is 4.50. The van der Waals surface area contributed by atoms with Crippen LogP contribution >= 0.6 is 0 Å². The molecule has 0 N–H and O–H groups in total. The smallest absolute Gasteiger partial charge is 0.0134 e. The molecular weight excluding hydrogens is 216 g/mol. The lowest BCUT2D eigenvalue weighted by molar-refractivity contribution is 0.284. The number of hydrogen-bond acceptors (Lipinski definition) is 0. The van der Waals surface area contributed by atoms with Crippen molar-refractivity contribution in [1.82, 2.24) is 0 Å². The van der Waals surface area contributed by atoms with E-state index in [1.54, 1.807) is 5.56 Å². The summed E-state index contributed by atoms with van der Waals surface area (Å²) >= 11 is 0. The summed E-state index contributed by atoms with van der Waals surface area (Å²) in [6.45, 7) is 4.70. The van der Waals surface area contributed by atoms with Gasteiger partial charge >= 0.3 is 0 Å². The highest BCUT2D eigenvalue weighted by Crippen LogP contribution is 2.39. The molecule has 100 valence electrons. The Morgan fingerprint density at radius 1 is 0.944 bits per heavy atom. The zero-order valence-corrected chi connectivity index (χ0v) is 12.1. The zero-order valence-electron chi connectivity index (χ0n) is 12.1. The van der Waals surface area contributed by atoms with Crippen LogP contribution in [0.4, 0.5) is 0 Å². The zero-order chi connectivity index (χ0) is 12.8. The Hall–Kier alpha value is -0.780. The summed E-state index contributed by atoms with van der Waals surface area (Å²) in [7, 11) is 0. The molecule has 1 aliphatic carbocycles. The van der Waals surface area contributed by atoms with Gasteiger partial charge in [0.1, 0.15) is 0 Å². The molecule has 18 heavy (non-hydrogen) atoms. The monoisotopic (exact) mass is 244 g/mol. The first kappa shape index (κ1) is 13.6. The Bertz CT molecular complexity index is 319. The van der Waals surface area contributed by atoms with E-state index in [2.05, 4.69) is 44.2 Å². The molecule has 0 amide bonds. The molecule has 0 radical (unpaired) electrons. The maximum atomic E-state index is 2.35. The van der Waals surface area contributed by atoms with Crippen molar-refractivity contribution in [3.63, 3.8) is 0 Å². The van der Waals surface area contributed by atoms with Crippen LogP contribution in [0.2, 0.25) is 0 Å². The van der Waals surface area contributed by atoms with Crippen molar-refractivity contribution in [2.75, 3.05) is 0 Å². The van der Waals surface area contributed by atoms with Gasteiger partial charge in [-0.2, -0.15) is 0 Å². The molecule has 1 fully saturated rings. The summed E-state index contributed by atoms with van der Waals surface area (Å²) in [4.78, 5) is 0. The average molecular weight is 244 g/mol. The Balaban J connectivity index is 2.06.